The first-order chi connectivity index (χ1) is 16.0. The second kappa shape index (κ2) is 30.6. The molecule has 0 saturated heterocycles. The summed E-state index contributed by atoms with van der Waals surface area (Å²) in [5, 5.41) is 0. The lowest BCUT2D eigenvalue weighted by atomic mass is 9.85. The molecule has 34 heavy (non-hydrogen) atoms. The summed E-state index contributed by atoms with van der Waals surface area (Å²) in [6.45, 7) is 20.8. The van der Waals surface area contributed by atoms with Gasteiger partial charge >= 0.3 is 0 Å². The molecule has 1 aliphatic carbocycles. The Bertz CT molecular complexity index is 607. The largest absolute Gasteiger partial charge is 0.405 e. The van der Waals surface area contributed by atoms with Gasteiger partial charge in [-0.15, -0.1) is 6.58 Å². The van der Waals surface area contributed by atoms with E-state index in [2.05, 4.69) is 43.6 Å². The van der Waals surface area contributed by atoms with E-state index in [0.29, 0.717) is 5.92 Å². The zero-order valence-electron chi connectivity index (χ0n) is 24.2. The Morgan fingerprint density at radius 3 is 1.79 bits per heavy atom. The molecule has 1 rings (SSSR count). The van der Waals surface area contributed by atoms with Gasteiger partial charge in [-0.05, 0) is 85.2 Å². The van der Waals surface area contributed by atoms with Gasteiger partial charge in [-0.25, -0.2) is 0 Å². The molecule has 0 heterocycles. The van der Waals surface area contributed by atoms with Crippen LogP contribution in [0.4, 0.5) is 0 Å². The number of allylic oxidation sites excluding steroid dienone is 8. The Morgan fingerprint density at radius 2 is 1.47 bits per heavy atom. The summed E-state index contributed by atoms with van der Waals surface area (Å²) >= 11 is 0. The lowest BCUT2D eigenvalue weighted by molar-refractivity contribution is -0.114. The predicted molar refractivity (Wildman–Crippen MR) is 157 cm³/mol. The molecular formula is C30H57N3O. The van der Waals surface area contributed by atoms with Crippen LogP contribution in [0, 0.1) is 5.92 Å². The van der Waals surface area contributed by atoms with Crippen molar-refractivity contribution in [2.24, 2.45) is 22.4 Å². The van der Waals surface area contributed by atoms with Crippen LogP contribution in [0.2, 0.25) is 0 Å². The van der Waals surface area contributed by atoms with Crippen LogP contribution in [0.3, 0.4) is 0 Å². The van der Waals surface area contributed by atoms with Gasteiger partial charge < -0.3 is 16.3 Å². The molecule has 0 atom stereocenters. The topological polar surface area (TPSA) is 81.5 Å². The Morgan fingerprint density at radius 1 is 1.00 bits per heavy atom. The van der Waals surface area contributed by atoms with Crippen molar-refractivity contribution in [3.63, 3.8) is 0 Å². The number of nitrogens with zero attached hydrogens (tertiary/aromatic N) is 1. The summed E-state index contributed by atoms with van der Waals surface area (Å²) in [7, 11) is 1.93. The van der Waals surface area contributed by atoms with Crippen LogP contribution in [0.5, 0.6) is 0 Å². The van der Waals surface area contributed by atoms with E-state index in [1.165, 1.54) is 81.9 Å². The summed E-state index contributed by atoms with van der Waals surface area (Å²) in [6.07, 6.45) is 20.9. The predicted octanol–water partition coefficient (Wildman–Crippen LogP) is 8.47. The highest BCUT2D eigenvalue weighted by Gasteiger charge is 2.16. The van der Waals surface area contributed by atoms with Crippen LogP contribution >= 0.6 is 0 Å². The third kappa shape index (κ3) is 40.0. The maximum Gasteiger partial charge on any atom is 0.126 e. The van der Waals surface area contributed by atoms with Crippen molar-refractivity contribution in [1.29, 1.82) is 0 Å². The number of rotatable bonds is 6. The monoisotopic (exact) mass is 475 g/mol. The Labute approximate surface area is 213 Å². The summed E-state index contributed by atoms with van der Waals surface area (Å²) in [5.74, 6) is 0.879. The fourth-order valence-corrected chi connectivity index (χ4v) is 2.66. The molecule has 0 radical (unpaired) electrons. The van der Waals surface area contributed by atoms with Gasteiger partial charge in [-0.1, -0.05) is 69.8 Å². The second-order valence-corrected chi connectivity index (χ2v) is 8.46. The van der Waals surface area contributed by atoms with Crippen molar-refractivity contribution >= 4 is 11.5 Å². The molecule has 0 aromatic carbocycles. The molecule has 4 N–H and O–H groups in total. The molecule has 198 valence electrons. The van der Waals surface area contributed by atoms with Crippen molar-refractivity contribution in [3.8, 4) is 0 Å². The Hall–Kier alpha value is -2.36. The van der Waals surface area contributed by atoms with E-state index >= 15 is 0 Å². The molecule has 4 heteroatoms. The van der Waals surface area contributed by atoms with Crippen molar-refractivity contribution < 1.29 is 4.79 Å². The zero-order valence-corrected chi connectivity index (χ0v) is 24.2. The molecule has 0 spiro atoms. The third-order valence-electron chi connectivity index (χ3n) is 4.02. The molecule has 0 aromatic heterocycles. The van der Waals surface area contributed by atoms with E-state index in [1.54, 1.807) is 19.1 Å². The maximum atomic E-state index is 9.44. The quantitative estimate of drug-likeness (QED) is 0.229. The minimum atomic E-state index is 0.167. The molecule has 0 bridgehead atoms. The van der Waals surface area contributed by atoms with Gasteiger partial charge in [0.1, 0.15) is 5.78 Å². The molecule has 0 aliphatic heterocycles. The fourth-order valence-electron chi connectivity index (χ4n) is 2.66. The van der Waals surface area contributed by atoms with Gasteiger partial charge in [0.15, 0.2) is 0 Å². The summed E-state index contributed by atoms with van der Waals surface area (Å²) in [5.41, 5.74) is 14.8. The number of carbonyl (C=O) groups excluding carboxylic acids is 1. The molecule has 0 aromatic rings. The highest BCUT2D eigenvalue weighted by atomic mass is 16.1. The van der Waals surface area contributed by atoms with Crippen LogP contribution in [-0.4, -0.2) is 18.5 Å². The lowest BCUT2D eigenvalue weighted by Crippen LogP contribution is -2.15. The van der Waals surface area contributed by atoms with Gasteiger partial charge in [-0.3, -0.25) is 4.99 Å². The van der Waals surface area contributed by atoms with E-state index in [9.17, 15) is 4.79 Å². The molecule has 1 fully saturated rings. The molecule has 1 saturated carbocycles. The molecule has 0 unspecified atom stereocenters. The van der Waals surface area contributed by atoms with E-state index in [1.807, 2.05) is 34.7 Å². The van der Waals surface area contributed by atoms with Crippen LogP contribution in [-0.2, 0) is 4.79 Å². The van der Waals surface area contributed by atoms with E-state index < -0.39 is 0 Å². The number of ketones is 1. The number of carbonyl (C=O) groups is 1. The zero-order chi connectivity index (χ0) is 27.4. The molecule has 0 amide bonds. The lowest BCUT2D eigenvalue weighted by Gasteiger charge is -2.21. The van der Waals surface area contributed by atoms with Gasteiger partial charge in [0.05, 0.1) is 0 Å². The number of unbranched alkanes of at least 4 members (excludes halogenated alkanes) is 1. The van der Waals surface area contributed by atoms with Crippen LogP contribution in [0.15, 0.2) is 65.0 Å². The SMILES string of the molecule is C/C(N)=C/C=C\N.C=C(C)C.CC.CC(C)=O.CCCC=C(C)/C=C\C(=NC)C1CCCCC1. The van der Waals surface area contributed by atoms with E-state index in [-0.39, 0.29) is 5.78 Å². The first kappa shape index (κ1) is 38.9. The minimum absolute atomic E-state index is 0.167. The first-order valence-electron chi connectivity index (χ1n) is 12.7. The van der Waals surface area contributed by atoms with Gasteiger partial charge in [0, 0.05) is 24.4 Å². The summed E-state index contributed by atoms with van der Waals surface area (Å²) < 4.78 is 0. The number of hydrogen-bond acceptors (Lipinski definition) is 4. The van der Waals surface area contributed by atoms with Gasteiger partial charge in [0.25, 0.3) is 0 Å². The Balaban J connectivity index is -0.000000218. The highest BCUT2D eigenvalue weighted by molar-refractivity contribution is 5.97. The minimum Gasteiger partial charge on any atom is -0.405 e. The first-order valence-corrected chi connectivity index (χ1v) is 12.7. The van der Waals surface area contributed by atoms with Crippen molar-refractivity contribution in [2.45, 2.75) is 107 Å². The van der Waals surface area contributed by atoms with Crippen LogP contribution < -0.4 is 11.5 Å². The van der Waals surface area contributed by atoms with Gasteiger partial charge in [-0.2, -0.15) is 0 Å². The van der Waals surface area contributed by atoms with E-state index in [0.717, 1.165) is 5.70 Å². The maximum absolute atomic E-state index is 9.44. The van der Waals surface area contributed by atoms with Crippen LogP contribution in [0.1, 0.15) is 107 Å². The average molecular weight is 476 g/mol. The number of hydrogen-bond donors (Lipinski definition) is 2. The molecule has 4 nitrogen and oxygen atoms in total. The normalized spacial score (nSPS) is 14.5. The molecule has 1 aliphatic rings. The van der Waals surface area contributed by atoms with Crippen molar-refractivity contribution in [3.05, 3.63) is 60.0 Å². The number of aliphatic imine (C=N–C) groups is 1. The number of Topliss-reactive ketones (excluding diaryl/α,β-unsaturated/α-hetero) is 1. The summed E-state index contributed by atoms with van der Waals surface area (Å²) in [4.78, 5) is 13.9. The average Bonchev–Trinajstić information content (AvgIpc) is 2.78. The standard InChI is InChI=1S/C16H27N.C5H10N2.C4H8.C3H6O.C2H6/c1-4-5-9-14(2)12-13-16(17-3)15-10-7-6-8-11-15;1-5(7)3-2-4-6;1-4(2)3;1-3(2)4;1-2/h9,12-13,15H,4-8,10-11H2,1-3H3;2-4H,6-7H2,1H3;1H2,2-3H3;1-2H3;1-2H3/b13-12-,14-9?,17-16?;4-2-,5-3-;;;. The van der Waals surface area contributed by atoms with Crippen molar-refractivity contribution in [2.75, 3.05) is 7.05 Å². The van der Waals surface area contributed by atoms with Crippen LogP contribution in [0.25, 0.3) is 0 Å². The van der Waals surface area contributed by atoms with Crippen molar-refractivity contribution in [1.82, 2.24) is 0 Å². The van der Waals surface area contributed by atoms with Gasteiger partial charge in [0.2, 0.25) is 0 Å². The third-order valence-corrected chi connectivity index (χ3v) is 4.02. The van der Waals surface area contributed by atoms with E-state index in [4.69, 9.17) is 11.5 Å². The fraction of sp³-hybridized carbons (Fsp3) is 0.600. The number of nitrogens with two attached hydrogens (primary N) is 2. The smallest absolute Gasteiger partial charge is 0.126 e. The summed E-state index contributed by atoms with van der Waals surface area (Å²) in [6, 6.07) is 0. The highest BCUT2D eigenvalue weighted by Crippen LogP contribution is 2.25. The second-order valence-electron chi connectivity index (χ2n) is 8.46. The Kier molecular flexibility index (Phi) is 35.0. The molecular weight excluding hydrogens is 418 g/mol.